The maximum atomic E-state index is 6.20. The highest BCUT2D eigenvalue weighted by atomic mass is 16.7. The highest BCUT2D eigenvalue weighted by Gasteiger charge is 2.52. The fourth-order valence-corrected chi connectivity index (χ4v) is 2.91. The summed E-state index contributed by atoms with van der Waals surface area (Å²) in [4.78, 5) is 2.38. The quantitative estimate of drug-likeness (QED) is 0.772. The van der Waals surface area contributed by atoms with Crippen LogP contribution in [0.3, 0.4) is 0 Å². The van der Waals surface area contributed by atoms with Crippen LogP contribution in [0.4, 0.5) is 0 Å². The average Bonchev–Trinajstić information content (AvgIpc) is 2.57. The summed E-state index contributed by atoms with van der Waals surface area (Å²) < 4.78 is 12.4. The van der Waals surface area contributed by atoms with Crippen LogP contribution in [0.15, 0.2) is 24.3 Å². The summed E-state index contributed by atoms with van der Waals surface area (Å²) in [6, 6.07) is 9.04. The van der Waals surface area contributed by atoms with E-state index in [1.165, 1.54) is 24.0 Å². The smallest absolute Gasteiger partial charge is 0.399 e. The fourth-order valence-electron chi connectivity index (χ4n) is 2.91. The van der Waals surface area contributed by atoms with Gasteiger partial charge in [-0.3, -0.25) is 4.90 Å². The minimum atomic E-state index is -0.281. The van der Waals surface area contributed by atoms with Crippen molar-refractivity contribution in [2.75, 3.05) is 13.6 Å². The number of nitrogens with zero attached hydrogens (tertiary/aromatic N) is 1. The van der Waals surface area contributed by atoms with Gasteiger partial charge in [0.25, 0.3) is 0 Å². The van der Waals surface area contributed by atoms with Crippen LogP contribution >= 0.6 is 0 Å². The summed E-state index contributed by atoms with van der Waals surface area (Å²) in [6.07, 6.45) is 1.22. The highest BCUT2D eigenvalue weighted by Crippen LogP contribution is 2.38. The summed E-state index contributed by atoms with van der Waals surface area (Å²) in [5.74, 6) is 0. The first-order valence-electron chi connectivity index (χ1n) is 7.46. The molecule has 0 N–H and O–H groups in total. The number of hydrogen-bond acceptors (Lipinski definition) is 3. The van der Waals surface area contributed by atoms with Gasteiger partial charge in [-0.2, -0.15) is 0 Å². The van der Waals surface area contributed by atoms with E-state index in [1.54, 1.807) is 0 Å². The van der Waals surface area contributed by atoms with Gasteiger partial charge >= 0.3 is 7.12 Å². The van der Waals surface area contributed by atoms with E-state index in [9.17, 15) is 0 Å². The first-order valence-corrected chi connectivity index (χ1v) is 7.46. The lowest BCUT2D eigenvalue weighted by molar-refractivity contribution is 0.00578. The minimum Gasteiger partial charge on any atom is -0.399 e. The van der Waals surface area contributed by atoms with E-state index in [-0.39, 0.29) is 18.3 Å². The average molecular weight is 273 g/mol. The van der Waals surface area contributed by atoms with Gasteiger partial charge < -0.3 is 9.31 Å². The molecule has 0 radical (unpaired) electrons. The Hall–Kier alpha value is -0.835. The van der Waals surface area contributed by atoms with Crippen molar-refractivity contribution in [1.29, 1.82) is 0 Å². The van der Waals surface area contributed by atoms with Gasteiger partial charge in [-0.15, -0.1) is 0 Å². The topological polar surface area (TPSA) is 21.7 Å². The van der Waals surface area contributed by atoms with Crippen molar-refractivity contribution in [2.24, 2.45) is 0 Å². The molecular formula is C16H24BNO2. The molecule has 2 fully saturated rings. The predicted molar refractivity (Wildman–Crippen MR) is 82.1 cm³/mol. The van der Waals surface area contributed by atoms with Gasteiger partial charge in [0.15, 0.2) is 0 Å². The molecule has 0 saturated carbocycles. The summed E-state index contributed by atoms with van der Waals surface area (Å²) in [6.45, 7) is 9.58. The van der Waals surface area contributed by atoms with Crippen LogP contribution in [-0.2, 0) is 9.31 Å². The summed E-state index contributed by atoms with van der Waals surface area (Å²) in [7, 11) is 1.92. The third kappa shape index (κ3) is 2.10. The zero-order valence-corrected chi connectivity index (χ0v) is 13.1. The van der Waals surface area contributed by atoms with Gasteiger partial charge in [0, 0.05) is 12.6 Å². The standard InChI is InChI=1S/C16H24BNO2/c1-15(2)16(3,4)20-17(19-15)13-9-7-6-8-12(13)14-10-11-18(14)5/h6-9,14H,10-11H2,1-5H3. The molecule has 1 atom stereocenters. The van der Waals surface area contributed by atoms with Crippen LogP contribution in [0.25, 0.3) is 0 Å². The highest BCUT2D eigenvalue weighted by molar-refractivity contribution is 6.62. The fraction of sp³-hybridized carbons (Fsp3) is 0.625. The molecule has 0 bridgehead atoms. The van der Waals surface area contributed by atoms with Crippen molar-refractivity contribution in [3.05, 3.63) is 29.8 Å². The van der Waals surface area contributed by atoms with Crippen molar-refractivity contribution in [1.82, 2.24) is 4.90 Å². The summed E-state index contributed by atoms with van der Waals surface area (Å²) in [5, 5.41) is 0. The van der Waals surface area contributed by atoms with Gasteiger partial charge in [0.05, 0.1) is 11.2 Å². The van der Waals surface area contributed by atoms with Gasteiger partial charge in [0.1, 0.15) is 0 Å². The predicted octanol–water partition coefficient (Wildman–Crippen LogP) is 2.36. The molecule has 4 heteroatoms. The monoisotopic (exact) mass is 273 g/mol. The Bertz CT molecular complexity index is 499. The lowest BCUT2D eigenvalue weighted by Crippen LogP contribution is -2.44. The zero-order chi connectivity index (χ0) is 14.5. The van der Waals surface area contributed by atoms with Gasteiger partial charge in [-0.25, -0.2) is 0 Å². The molecule has 2 aliphatic heterocycles. The Morgan fingerprint density at radius 2 is 1.70 bits per heavy atom. The molecule has 0 spiro atoms. The largest absolute Gasteiger partial charge is 0.495 e. The minimum absolute atomic E-state index is 0.259. The molecule has 2 heterocycles. The molecule has 108 valence electrons. The molecular weight excluding hydrogens is 249 g/mol. The van der Waals surface area contributed by atoms with Gasteiger partial charge in [0.2, 0.25) is 0 Å². The first kappa shape index (κ1) is 14.1. The second-order valence-corrected chi connectivity index (χ2v) is 7.00. The zero-order valence-electron chi connectivity index (χ0n) is 13.1. The first-order chi connectivity index (χ1) is 9.32. The van der Waals surface area contributed by atoms with Crippen LogP contribution in [0.1, 0.15) is 45.7 Å². The van der Waals surface area contributed by atoms with Crippen molar-refractivity contribution in [2.45, 2.75) is 51.4 Å². The summed E-state index contributed by atoms with van der Waals surface area (Å²) >= 11 is 0. The van der Waals surface area contributed by atoms with E-state index in [0.717, 1.165) is 0 Å². The number of likely N-dealkylation sites (tertiary alicyclic amines) is 1. The van der Waals surface area contributed by atoms with Crippen molar-refractivity contribution < 1.29 is 9.31 Å². The SMILES string of the molecule is CN1CCC1c1ccccc1B1OC(C)(C)C(C)(C)O1. The number of hydrogen-bond donors (Lipinski definition) is 0. The van der Waals surface area contributed by atoms with E-state index in [2.05, 4.69) is 63.9 Å². The van der Waals surface area contributed by atoms with E-state index < -0.39 is 0 Å². The molecule has 1 aromatic rings. The molecule has 20 heavy (non-hydrogen) atoms. The lowest BCUT2D eigenvalue weighted by atomic mass is 9.73. The molecule has 0 aromatic heterocycles. The Balaban J connectivity index is 1.92. The molecule has 0 aliphatic carbocycles. The van der Waals surface area contributed by atoms with Crippen LogP contribution < -0.4 is 5.46 Å². The normalized spacial score (nSPS) is 28.4. The Morgan fingerprint density at radius 3 is 2.20 bits per heavy atom. The molecule has 1 unspecified atom stereocenters. The maximum absolute atomic E-state index is 6.20. The number of rotatable bonds is 2. The third-order valence-corrected chi connectivity index (χ3v) is 5.15. The Labute approximate surface area is 122 Å². The van der Waals surface area contributed by atoms with E-state index >= 15 is 0 Å². The second-order valence-electron chi connectivity index (χ2n) is 7.00. The lowest BCUT2D eigenvalue weighted by Gasteiger charge is -2.39. The second kappa shape index (κ2) is 4.59. The third-order valence-electron chi connectivity index (χ3n) is 5.15. The molecule has 2 saturated heterocycles. The van der Waals surface area contributed by atoms with Crippen LogP contribution in [-0.4, -0.2) is 36.8 Å². The van der Waals surface area contributed by atoms with Gasteiger partial charge in [-0.1, -0.05) is 24.3 Å². The molecule has 3 nitrogen and oxygen atoms in total. The molecule has 0 amide bonds. The molecule has 3 rings (SSSR count). The van der Waals surface area contributed by atoms with Gasteiger partial charge in [-0.05, 0) is 52.2 Å². The van der Waals surface area contributed by atoms with Crippen molar-refractivity contribution in [3.63, 3.8) is 0 Å². The van der Waals surface area contributed by atoms with Crippen molar-refractivity contribution in [3.8, 4) is 0 Å². The maximum Gasteiger partial charge on any atom is 0.495 e. The summed E-state index contributed by atoms with van der Waals surface area (Å²) in [5.41, 5.74) is 1.97. The van der Waals surface area contributed by atoms with Crippen LogP contribution in [0.2, 0.25) is 0 Å². The van der Waals surface area contributed by atoms with Crippen LogP contribution in [0.5, 0.6) is 0 Å². The Morgan fingerprint density at radius 1 is 1.10 bits per heavy atom. The van der Waals surface area contributed by atoms with E-state index in [0.29, 0.717) is 6.04 Å². The molecule has 1 aromatic carbocycles. The van der Waals surface area contributed by atoms with Crippen LogP contribution in [0, 0.1) is 0 Å². The van der Waals surface area contributed by atoms with Crippen molar-refractivity contribution >= 4 is 12.6 Å². The number of benzene rings is 1. The van der Waals surface area contributed by atoms with E-state index in [1.807, 2.05) is 0 Å². The van der Waals surface area contributed by atoms with E-state index in [4.69, 9.17) is 9.31 Å². The Kier molecular flexibility index (Phi) is 3.24. The molecule has 2 aliphatic rings.